The third-order valence-electron chi connectivity index (χ3n) is 3.00. The number of rotatable bonds is 3. The molecule has 2 aromatic carbocycles. The van der Waals surface area contributed by atoms with Gasteiger partial charge in [-0.15, -0.1) is 0 Å². The van der Waals surface area contributed by atoms with Crippen LogP contribution in [0.25, 0.3) is 11.5 Å². The highest BCUT2D eigenvalue weighted by Gasteiger charge is 2.09. The molecule has 0 atom stereocenters. The molecule has 22 heavy (non-hydrogen) atoms. The third kappa shape index (κ3) is 3.15. The molecule has 1 N–H and O–H groups in total. The number of hydrogen-bond donors (Lipinski definition) is 1. The van der Waals surface area contributed by atoms with Gasteiger partial charge in [0.1, 0.15) is 0 Å². The molecule has 6 heteroatoms. The maximum absolute atomic E-state index is 12.2. The lowest BCUT2D eigenvalue weighted by Gasteiger charge is -2.06. The zero-order valence-electron chi connectivity index (χ0n) is 11.7. The number of nitrogens with zero attached hydrogens (tertiary/aromatic N) is 2. The Labute approximate surface area is 131 Å². The van der Waals surface area contributed by atoms with E-state index >= 15 is 0 Å². The van der Waals surface area contributed by atoms with E-state index in [-0.39, 0.29) is 5.91 Å². The molecular formula is C16H12ClN3O2. The fourth-order valence-corrected chi connectivity index (χ4v) is 2.07. The van der Waals surface area contributed by atoms with Crippen molar-refractivity contribution in [3.05, 3.63) is 64.9 Å². The Kier molecular flexibility index (Phi) is 3.89. The van der Waals surface area contributed by atoms with Crippen LogP contribution in [0.4, 0.5) is 5.69 Å². The summed E-state index contributed by atoms with van der Waals surface area (Å²) in [6.07, 6.45) is 0. The summed E-state index contributed by atoms with van der Waals surface area (Å²) in [5.74, 6) is 0.765. The number of anilines is 1. The molecule has 0 aliphatic carbocycles. The number of amides is 1. The average Bonchev–Trinajstić information content (AvgIpc) is 2.95. The van der Waals surface area contributed by atoms with E-state index in [0.717, 1.165) is 5.56 Å². The standard InChI is InChI=1S/C16H12ClN3O2/c1-10-18-16(22-20-10)12-3-2-4-14(9-12)19-15(21)11-5-7-13(17)8-6-11/h2-9H,1H3,(H,19,21). The first-order chi connectivity index (χ1) is 10.6. The van der Waals surface area contributed by atoms with Gasteiger partial charge in [0.05, 0.1) is 0 Å². The van der Waals surface area contributed by atoms with Crippen molar-refractivity contribution in [2.45, 2.75) is 6.92 Å². The molecule has 0 bridgehead atoms. The summed E-state index contributed by atoms with van der Waals surface area (Å²) in [6, 6.07) is 13.9. The number of carbonyl (C=O) groups is 1. The molecule has 110 valence electrons. The number of aryl methyl sites for hydroxylation is 1. The van der Waals surface area contributed by atoms with E-state index in [1.165, 1.54) is 0 Å². The largest absolute Gasteiger partial charge is 0.334 e. The van der Waals surface area contributed by atoms with Crippen molar-refractivity contribution < 1.29 is 9.32 Å². The Morgan fingerprint density at radius 3 is 2.64 bits per heavy atom. The normalized spacial score (nSPS) is 10.5. The lowest BCUT2D eigenvalue weighted by Crippen LogP contribution is -2.11. The van der Waals surface area contributed by atoms with Crippen molar-refractivity contribution in [1.29, 1.82) is 0 Å². The van der Waals surface area contributed by atoms with Crippen LogP contribution in [0.1, 0.15) is 16.2 Å². The molecule has 0 aliphatic heterocycles. The maximum Gasteiger partial charge on any atom is 0.257 e. The van der Waals surface area contributed by atoms with Crippen LogP contribution in [0, 0.1) is 6.92 Å². The van der Waals surface area contributed by atoms with Gasteiger partial charge in [-0.2, -0.15) is 4.98 Å². The number of halogens is 1. The van der Waals surface area contributed by atoms with Gasteiger partial charge in [-0.25, -0.2) is 0 Å². The van der Waals surface area contributed by atoms with Crippen LogP contribution in [-0.4, -0.2) is 16.0 Å². The Morgan fingerprint density at radius 2 is 1.95 bits per heavy atom. The van der Waals surface area contributed by atoms with Gasteiger partial charge in [0, 0.05) is 21.8 Å². The van der Waals surface area contributed by atoms with Crippen molar-refractivity contribution in [2.24, 2.45) is 0 Å². The summed E-state index contributed by atoms with van der Waals surface area (Å²) >= 11 is 5.81. The molecule has 0 aliphatic rings. The van der Waals surface area contributed by atoms with Crippen LogP contribution in [0.5, 0.6) is 0 Å². The van der Waals surface area contributed by atoms with E-state index in [2.05, 4.69) is 15.5 Å². The quantitative estimate of drug-likeness (QED) is 0.795. The Bertz CT molecular complexity index is 812. The Morgan fingerprint density at radius 1 is 1.18 bits per heavy atom. The molecule has 3 aromatic rings. The van der Waals surface area contributed by atoms with Gasteiger partial charge < -0.3 is 9.84 Å². The fourth-order valence-electron chi connectivity index (χ4n) is 1.95. The predicted octanol–water partition coefficient (Wildman–Crippen LogP) is 3.95. The van der Waals surface area contributed by atoms with Crippen molar-refractivity contribution in [2.75, 3.05) is 5.32 Å². The third-order valence-corrected chi connectivity index (χ3v) is 3.25. The summed E-state index contributed by atoms with van der Waals surface area (Å²) in [7, 11) is 0. The van der Waals surface area contributed by atoms with Gasteiger partial charge in [-0.1, -0.05) is 22.8 Å². The Hall–Kier alpha value is -2.66. The predicted molar refractivity (Wildman–Crippen MR) is 83.9 cm³/mol. The molecule has 1 heterocycles. The lowest BCUT2D eigenvalue weighted by atomic mass is 10.1. The second-order valence-electron chi connectivity index (χ2n) is 4.69. The fraction of sp³-hybridized carbons (Fsp3) is 0.0625. The summed E-state index contributed by atoms with van der Waals surface area (Å²) in [4.78, 5) is 16.3. The molecule has 0 spiro atoms. The van der Waals surface area contributed by atoms with Crippen LogP contribution in [0.2, 0.25) is 5.02 Å². The van der Waals surface area contributed by atoms with E-state index in [4.69, 9.17) is 16.1 Å². The zero-order valence-corrected chi connectivity index (χ0v) is 12.5. The molecule has 0 fully saturated rings. The minimum absolute atomic E-state index is 0.212. The molecular weight excluding hydrogens is 302 g/mol. The number of carbonyl (C=O) groups excluding carboxylic acids is 1. The van der Waals surface area contributed by atoms with Crippen LogP contribution < -0.4 is 5.32 Å². The van der Waals surface area contributed by atoms with Gasteiger partial charge in [0.15, 0.2) is 5.82 Å². The molecule has 1 aromatic heterocycles. The second kappa shape index (κ2) is 5.99. The SMILES string of the molecule is Cc1noc(-c2cccc(NC(=O)c3ccc(Cl)cc3)c2)n1. The molecule has 1 amide bonds. The highest BCUT2D eigenvalue weighted by Crippen LogP contribution is 2.21. The monoisotopic (exact) mass is 313 g/mol. The van der Waals surface area contributed by atoms with Gasteiger partial charge in [0.2, 0.25) is 0 Å². The van der Waals surface area contributed by atoms with Gasteiger partial charge in [0.25, 0.3) is 11.8 Å². The average molecular weight is 314 g/mol. The number of benzene rings is 2. The van der Waals surface area contributed by atoms with E-state index in [1.807, 2.05) is 12.1 Å². The molecule has 0 saturated heterocycles. The van der Waals surface area contributed by atoms with Crippen molar-refractivity contribution in [3.8, 4) is 11.5 Å². The van der Waals surface area contributed by atoms with Gasteiger partial charge >= 0.3 is 0 Å². The van der Waals surface area contributed by atoms with Crippen LogP contribution >= 0.6 is 11.6 Å². The topological polar surface area (TPSA) is 68.0 Å². The first kappa shape index (κ1) is 14.3. The van der Waals surface area contributed by atoms with Crippen molar-refractivity contribution >= 4 is 23.2 Å². The van der Waals surface area contributed by atoms with Gasteiger partial charge in [-0.05, 0) is 49.4 Å². The molecule has 5 nitrogen and oxygen atoms in total. The summed E-state index contributed by atoms with van der Waals surface area (Å²) in [6.45, 7) is 1.75. The minimum Gasteiger partial charge on any atom is -0.334 e. The second-order valence-corrected chi connectivity index (χ2v) is 5.13. The summed E-state index contributed by atoms with van der Waals surface area (Å²) in [5.41, 5.74) is 1.92. The number of aromatic nitrogens is 2. The smallest absolute Gasteiger partial charge is 0.257 e. The van der Waals surface area contributed by atoms with E-state index in [1.54, 1.807) is 43.3 Å². The van der Waals surface area contributed by atoms with E-state index in [9.17, 15) is 4.79 Å². The van der Waals surface area contributed by atoms with E-state index in [0.29, 0.717) is 28.0 Å². The molecule has 0 saturated carbocycles. The zero-order chi connectivity index (χ0) is 15.5. The first-order valence-corrected chi connectivity index (χ1v) is 6.97. The summed E-state index contributed by atoms with van der Waals surface area (Å²) < 4.78 is 5.12. The Balaban J connectivity index is 1.81. The molecule has 0 unspecified atom stereocenters. The highest BCUT2D eigenvalue weighted by molar-refractivity contribution is 6.30. The maximum atomic E-state index is 12.2. The highest BCUT2D eigenvalue weighted by atomic mass is 35.5. The van der Waals surface area contributed by atoms with Crippen molar-refractivity contribution in [1.82, 2.24) is 10.1 Å². The lowest BCUT2D eigenvalue weighted by molar-refractivity contribution is 0.102. The van der Waals surface area contributed by atoms with Gasteiger partial charge in [-0.3, -0.25) is 4.79 Å². The van der Waals surface area contributed by atoms with E-state index < -0.39 is 0 Å². The first-order valence-electron chi connectivity index (χ1n) is 6.59. The molecule has 3 rings (SSSR count). The number of nitrogens with one attached hydrogen (secondary N) is 1. The van der Waals surface area contributed by atoms with Crippen LogP contribution in [-0.2, 0) is 0 Å². The van der Waals surface area contributed by atoms with Crippen molar-refractivity contribution in [3.63, 3.8) is 0 Å². The van der Waals surface area contributed by atoms with Crippen LogP contribution in [0.3, 0.4) is 0 Å². The van der Waals surface area contributed by atoms with Crippen LogP contribution in [0.15, 0.2) is 53.1 Å². The summed E-state index contributed by atoms with van der Waals surface area (Å²) in [5, 5.41) is 7.16. The number of hydrogen-bond acceptors (Lipinski definition) is 4. The minimum atomic E-state index is -0.212. The molecule has 0 radical (unpaired) electrons.